The van der Waals surface area contributed by atoms with Gasteiger partial charge in [-0.15, -0.1) is 0 Å². The third kappa shape index (κ3) is 37.6. The molecule has 141 heavy (non-hydrogen) atoms. The molecule has 0 bridgehead atoms. The van der Waals surface area contributed by atoms with Gasteiger partial charge in [-0.05, 0) is 85.0 Å². The minimum Gasteiger partial charge on any atom is -0.481 e. The lowest BCUT2D eigenvalue weighted by molar-refractivity contribution is -0.142. The number of amides is 12. The van der Waals surface area contributed by atoms with Gasteiger partial charge in [0.05, 0.1) is 56.6 Å². The number of aliphatic carboxylic acids is 4. The van der Waals surface area contributed by atoms with Gasteiger partial charge in [-0.3, -0.25) is 76.9 Å². The van der Waals surface area contributed by atoms with Crippen molar-refractivity contribution in [1.29, 1.82) is 0 Å². The molecule has 0 radical (unpaired) electrons. The third-order valence-corrected chi connectivity index (χ3v) is 23.4. The largest absolute Gasteiger partial charge is 0.481 e. The van der Waals surface area contributed by atoms with Crippen LogP contribution in [0.1, 0.15) is 117 Å². The molecule has 12 amide bonds. The van der Waals surface area contributed by atoms with Crippen molar-refractivity contribution in [3.63, 3.8) is 0 Å². The molecule has 776 valence electrons. The number of thiol groups is 1. The standard InChI is InChI=1S/C85H118N18O36S2/c86-85-102-74-67(82(135)103-85)93-40(28-92-74)27-87-39-11-9-38(10-12-39)75(128)99-51(83(136)137)16-22-64(117)94-46(13-19-60(113)89-30-54(107)68(122)71(125)57(110)33-104)76(129)97-49(17-23-65(118)119)78(131)95-47(14-20-61(114)90-31-55(108)69(123)72(126)58(111)34-105)77(130)98-50(18-24-66(120)121)79(132)96-48(15-21-62(115)91-32-56(109)70(124)73(127)59(112)35-106)80(133)100-52(81(134)101-53(36-140)84(138)139)29-88-63(116)25-26-141-37-45-43-7-3-1-5-41(43)42-6-2-4-8-44(42)45/h1-12,28,45-59,68-73,87,104-112,122-127,140H,13-27,29-37H2,(H,88,116)(H,89,113)(H,90,114)(H,91,115)(H,94,117)(H,95,131)(H,96,132)(H,97,129)(H,98,130)(H,99,128)(H,100,133)(H,101,134)(H,118,119)(H,120,121)(H,136,137)(H,138,139)(H3,86,92,102,103,135)/t46-,47-,48-,49-,50-,51-,52-,53-,54-,55-,56-,57+,58+,59+,68+,69+,70+,71+,72+,73+/m0/s1. The highest BCUT2D eigenvalue weighted by atomic mass is 32.2. The van der Waals surface area contributed by atoms with Crippen molar-refractivity contribution >= 4 is 142 Å². The summed E-state index contributed by atoms with van der Waals surface area (Å²) in [4.78, 5) is 247. The molecule has 0 fully saturated rings. The van der Waals surface area contributed by atoms with Crippen LogP contribution in [0.2, 0.25) is 0 Å². The molecule has 2 heterocycles. The second-order valence-electron chi connectivity index (χ2n) is 32.5. The predicted molar refractivity (Wildman–Crippen MR) is 492 cm³/mol. The first-order valence-corrected chi connectivity index (χ1v) is 45.7. The van der Waals surface area contributed by atoms with Crippen LogP contribution in [0.15, 0.2) is 83.8 Å². The number of thioether (sulfide) groups is 1. The quantitative estimate of drug-likeness (QED) is 0.0127. The predicted octanol–water partition coefficient (Wildman–Crippen LogP) is -11.9. The maximum absolute atomic E-state index is 15.0. The van der Waals surface area contributed by atoms with Crippen LogP contribution in [0.25, 0.3) is 22.3 Å². The Labute approximate surface area is 810 Å². The second-order valence-corrected chi connectivity index (χ2v) is 34.0. The summed E-state index contributed by atoms with van der Waals surface area (Å²) in [7, 11) is 0. The van der Waals surface area contributed by atoms with Gasteiger partial charge < -0.3 is 172 Å². The number of carbonyl (C=O) groups is 16. The Balaban J connectivity index is 1.31. The Morgan fingerprint density at radius 3 is 1.16 bits per heavy atom. The van der Waals surface area contributed by atoms with Crippen LogP contribution in [0.3, 0.4) is 0 Å². The van der Waals surface area contributed by atoms with Crippen LogP contribution in [-0.4, -0.2) is 397 Å². The lowest BCUT2D eigenvalue weighted by atomic mass is 9.99. The molecule has 0 saturated carbocycles. The van der Waals surface area contributed by atoms with Crippen molar-refractivity contribution in [3.8, 4) is 11.1 Å². The van der Waals surface area contributed by atoms with Gasteiger partial charge >= 0.3 is 23.9 Å². The number of carboxylic acids is 4. The van der Waals surface area contributed by atoms with E-state index in [1.54, 1.807) is 0 Å². The number of benzene rings is 3. The van der Waals surface area contributed by atoms with E-state index < -0.39 is 351 Å². The number of aromatic nitrogens is 4. The summed E-state index contributed by atoms with van der Waals surface area (Å²) in [5, 5.41) is 221. The maximum atomic E-state index is 15.0. The molecule has 1 aliphatic carbocycles. The highest BCUT2D eigenvalue weighted by Gasteiger charge is 2.40. The molecular formula is C85H118N18O36S2. The van der Waals surface area contributed by atoms with E-state index in [4.69, 9.17) is 5.73 Å². The van der Waals surface area contributed by atoms with E-state index in [1.165, 1.54) is 42.2 Å². The van der Waals surface area contributed by atoms with E-state index >= 15 is 4.79 Å². The number of nitrogens with one attached hydrogen (secondary N) is 14. The van der Waals surface area contributed by atoms with Crippen molar-refractivity contribution < 1.29 is 174 Å². The van der Waals surface area contributed by atoms with Gasteiger partial charge in [0.2, 0.25) is 70.9 Å². The van der Waals surface area contributed by atoms with Crippen molar-refractivity contribution in [1.82, 2.24) is 83.7 Å². The maximum Gasteiger partial charge on any atom is 0.327 e. The highest BCUT2D eigenvalue weighted by molar-refractivity contribution is 7.99. The first-order valence-electron chi connectivity index (χ1n) is 43.9. The minimum atomic E-state index is -2.33. The van der Waals surface area contributed by atoms with Gasteiger partial charge in [0.15, 0.2) is 11.2 Å². The summed E-state index contributed by atoms with van der Waals surface area (Å²) < 4.78 is 0. The number of aliphatic hydroxyl groups is 15. The number of hydrogen-bond donors (Lipinski definition) is 35. The Morgan fingerprint density at radius 2 is 0.759 bits per heavy atom. The molecular weight excluding hydrogens is 1910 g/mol. The zero-order valence-electron chi connectivity index (χ0n) is 75.3. The van der Waals surface area contributed by atoms with Crippen molar-refractivity contribution in [2.45, 2.75) is 218 Å². The summed E-state index contributed by atoms with van der Waals surface area (Å²) >= 11 is 5.38. The first kappa shape index (κ1) is 117. The van der Waals surface area contributed by atoms with Crippen molar-refractivity contribution in [2.24, 2.45) is 0 Å². The second kappa shape index (κ2) is 58.4. The van der Waals surface area contributed by atoms with E-state index in [0.717, 1.165) is 22.3 Å². The zero-order chi connectivity index (χ0) is 105. The molecule has 0 spiro atoms. The van der Waals surface area contributed by atoms with E-state index in [-0.39, 0.29) is 53.0 Å². The van der Waals surface area contributed by atoms with Crippen LogP contribution >= 0.6 is 24.4 Å². The van der Waals surface area contributed by atoms with E-state index in [1.807, 2.05) is 48.5 Å². The lowest BCUT2D eigenvalue weighted by Crippen LogP contribution is -2.61. The average Bonchev–Trinajstić information content (AvgIpc) is 1.61. The molecule has 20 atom stereocenters. The number of anilines is 2. The Bertz CT molecular complexity index is 5130. The summed E-state index contributed by atoms with van der Waals surface area (Å²) in [6.45, 7) is -7.04. The topological polar surface area (TPSA) is 911 Å². The zero-order valence-corrected chi connectivity index (χ0v) is 77.0. The van der Waals surface area contributed by atoms with Gasteiger partial charge in [-0.1, -0.05) is 48.5 Å². The molecule has 1 aliphatic rings. The van der Waals surface area contributed by atoms with E-state index in [2.05, 4.69) is 102 Å². The van der Waals surface area contributed by atoms with Gasteiger partial charge in [0.25, 0.3) is 11.5 Å². The Kier molecular flexibility index (Phi) is 48.3. The van der Waals surface area contributed by atoms with Crippen molar-refractivity contribution in [2.75, 3.05) is 74.3 Å². The number of nitrogens with zero attached hydrogens (tertiary/aromatic N) is 3. The van der Waals surface area contributed by atoms with Crippen molar-refractivity contribution in [3.05, 3.63) is 112 Å². The number of aliphatic hydroxyl groups excluding tert-OH is 15. The number of aromatic amines is 1. The van der Waals surface area contributed by atoms with Gasteiger partial charge in [0, 0.05) is 106 Å². The first-order chi connectivity index (χ1) is 66.8. The smallest absolute Gasteiger partial charge is 0.327 e. The van der Waals surface area contributed by atoms with E-state index in [0.29, 0.717) is 11.4 Å². The van der Waals surface area contributed by atoms with Crippen LogP contribution in [0.4, 0.5) is 11.6 Å². The minimum absolute atomic E-state index is 0.0123. The molecule has 0 unspecified atom stereocenters. The number of nitrogen functional groups attached to an aromatic ring is 1. The molecule has 6 rings (SSSR count). The third-order valence-electron chi connectivity index (χ3n) is 22.0. The van der Waals surface area contributed by atoms with Crippen LogP contribution < -0.4 is 80.4 Å². The molecule has 56 heteroatoms. The highest BCUT2D eigenvalue weighted by Crippen LogP contribution is 2.46. The van der Waals surface area contributed by atoms with Gasteiger partial charge in [0.1, 0.15) is 103 Å². The average molecular weight is 2030 g/mol. The molecule has 3 aromatic carbocycles. The SMILES string of the molecule is Nc1nc2ncc(CNc3ccc(C(=O)N[C@@H](CCC(=O)N[C@@H](CCC(=O)NC[C@H](O)[C@@H](O)[C@H](O)[C@H](O)CO)C(=O)N[C@@H](CCC(=O)O)C(=O)N[C@@H](CCC(=O)NC[C@H](O)[C@@H](O)[C@H](O)[C@H](O)CO)C(=O)N[C@@H](CCC(=O)O)C(=O)N[C@@H](CCC(=O)NC[C@H](O)[C@@H](O)[C@H](O)[C@H](O)CO)C(=O)N[C@@H](CNC(=O)CCSCC4c5ccccc5-c5ccccc54)C(=O)N[C@@H](CS)C(=O)O)C(=O)O)cc3)nc2c(=O)[nH]1. The summed E-state index contributed by atoms with van der Waals surface area (Å²) in [5.41, 5.74) is 9.49. The number of hydrogen-bond acceptors (Lipinski definition) is 39. The Hall–Kier alpha value is -12.9. The molecule has 0 aliphatic heterocycles. The number of carbonyl (C=O) groups excluding carboxylic acids is 12. The summed E-state index contributed by atoms with van der Waals surface area (Å²) in [6.07, 6.45) is -36.2. The van der Waals surface area contributed by atoms with Gasteiger partial charge in [-0.2, -0.15) is 29.4 Å². The van der Waals surface area contributed by atoms with E-state index in [9.17, 15) is 174 Å². The normalized spacial score (nSPS) is 16.0. The fraction of sp³-hybridized carbons (Fsp3) is 0.529. The molecule has 54 nitrogen and oxygen atoms in total. The number of fused-ring (bicyclic) bond motifs is 4. The fourth-order valence-corrected chi connectivity index (χ4v) is 15.2. The lowest BCUT2D eigenvalue weighted by Gasteiger charge is -2.28. The summed E-state index contributed by atoms with van der Waals surface area (Å²) in [6, 6.07) is 3.98. The molecule has 2 aromatic heterocycles. The molecule has 0 saturated heterocycles. The van der Waals surface area contributed by atoms with Crippen LogP contribution in [-0.2, 0) is 78.5 Å². The molecule has 35 N–H and O–H groups in total. The molecule has 5 aromatic rings. The fourth-order valence-electron chi connectivity index (χ4n) is 13.8. The number of nitrogens with two attached hydrogens (primary N) is 1. The number of H-pyrrole nitrogens is 1. The van der Waals surface area contributed by atoms with Gasteiger partial charge in [-0.25, -0.2) is 19.6 Å². The Morgan fingerprint density at radius 1 is 0.404 bits per heavy atom. The van der Waals surface area contributed by atoms with Crippen LogP contribution in [0, 0.1) is 0 Å². The van der Waals surface area contributed by atoms with Crippen LogP contribution in [0.5, 0.6) is 0 Å². The monoisotopic (exact) mass is 2030 g/mol. The summed E-state index contributed by atoms with van der Waals surface area (Å²) in [5.74, 6) is -22.4. The number of rotatable bonds is 64. The number of carboxylic acid groups (broad SMARTS) is 4.